The molecule has 2 aliphatic rings. The molecule has 1 N–H and O–H groups in total. The number of fused-ring (bicyclic) bond motifs is 3. The Bertz CT molecular complexity index is 1190. The van der Waals surface area contributed by atoms with Gasteiger partial charge in [0.2, 0.25) is 11.8 Å². The standard InChI is InChI=1S/C21H25N5O3S2/c1-11(2)17-24-25-20(29-17)22-15(27)10-30-21-23-18-16(13-8-5-9-14(13)31-18)19(28)26(21)12-6-3-4-7-12/h11-12H,3-10H2,1-2H3,(H,22,25,27). The van der Waals surface area contributed by atoms with Gasteiger partial charge in [0.1, 0.15) is 4.83 Å². The highest BCUT2D eigenvalue weighted by atomic mass is 32.2. The van der Waals surface area contributed by atoms with Crippen molar-refractivity contribution in [3.05, 3.63) is 26.7 Å². The first kappa shape index (κ1) is 20.7. The lowest BCUT2D eigenvalue weighted by Crippen LogP contribution is -2.27. The Morgan fingerprint density at radius 1 is 1.26 bits per heavy atom. The van der Waals surface area contributed by atoms with Crippen LogP contribution in [-0.2, 0) is 17.6 Å². The highest BCUT2D eigenvalue weighted by molar-refractivity contribution is 7.99. The minimum atomic E-state index is -0.259. The first-order chi connectivity index (χ1) is 15.0. The smallest absolute Gasteiger partial charge is 0.322 e. The Labute approximate surface area is 187 Å². The van der Waals surface area contributed by atoms with Gasteiger partial charge in [-0.3, -0.25) is 19.5 Å². The Hall–Kier alpha value is -2.20. The lowest BCUT2D eigenvalue weighted by atomic mass is 10.2. The van der Waals surface area contributed by atoms with Gasteiger partial charge in [0.25, 0.3) is 5.56 Å². The van der Waals surface area contributed by atoms with Crippen LogP contribution in [0.5, 0.6) is 0 Å². The summed E-state index contributed by atoms with van der Waals surface area (Å²) in [4.78, 5) is 33.0. The summed E-state index contributed by atoms with van der Waals surface area (Å²) in [6, 6.07) is 0.261. The second-order valence-corrected chi connectivity index (χ2v) is 10.5. The van der Waals surface area contributed by atoms with Crippen molar-refractivity contribution in [3.8, 4) is 0 Å². The van der Waals surface area contributed by atoms with Crippen LogP contribution in [0, 0.1) is 0 Å². The third-order valence-corrected chi connectivity index (χ3v) is 8.08. The van der Waals surface area contributed by atoms with E-state index in [1.165, 1.54) is 22.2 Å². The molecule has 3 aromatic rings. The molecule has 1 amide bonds. The molecule has 5 rings (SSSR count). The average molecular weight is 460 g/mol. The Kier molecular flexibility index (Phi) is 5.60. The maximum absolute atomic E-state index is 13.5. The molecule has 0 radical (unpaired) electrons. The zero-order valence-electron chi connectivity index (χ0n) is 17.6. The summed E-state index contributed by atoms with van der Waals surface area (Å²) in [5.41, 5.74) is 1.27. The van der Waals surface area contributed by atoms with Gasteiger partial charge < -0.3 is 4.42 Å². The van der Waals surface area contributed by atoms with Crippen molar-refractivity contribution >= 4 is 45.2 Å². The van der Waals surface area contributed by atoms with E-state index in [0.29, 0.717) is 11.0 Å². The van der Waals surface area contributed by atoms with E-state index in [9.17, 15) is 9.59 Å². The molecule has 0 bridgehead atoms. The number of thiophene rings is 1. The van der Waals surface area contributed by atoms with Gasteiger partial charge in [0, 0.05) is 16.8 Å². The molecule has 0 aliphatic heterocycles. The highest BCUT2D eigenvalue weighted by Crippen LogP contribution is 2.38. The molecule has 3 heterocycles. The summed E-state index contributed by atoms with van der Waals surface area (Å²) in [5, 5.41) is 11.9. The van der Waals surface area contributed by atoms with Crippen LogP contribution in [0.4, 0.5) is 6.01 Å². The van der Waals surface area contributed by atoms with Crippen molar-refractivity contribution in [1.82, 2.24) is 19.7 Å². The molecular formula is C21H25N5O3S2. The number of thioether (sulfide) groups is 1. The van der Waals surface area contributed by atoms with Gasteiger partial charge in [-0.2, -0.15) is 0 Å². The minimum absolute atomic E-state index is 0.0673. The van der Waals surface area contributed by atoms with Crippen LogP contribution in [0.1, 0.15) is 74.2 Å². The van der Waals surface area contributed by atoms with Crippen molar-refractivity contribution in [2.45, 2.75) is 75.9 Å². The van der Waals surface area contributed by atoms with E-state index in [1.807, 2.05) is 18.4 Å². The van der Waals surface area contributed by atoms with E-state index < -0.39 is 0 Å². The van der Waals surface area contributed by atoms with E-state index in [-0.39, 0.29) is 35.2 Å². The molecule has 1 fully saturated rings. The number of anilines is 1. The number of nitrogens with one attached hydrogen (secondary N) is 1. The van der Waals surface area contributed by atoms with Gasteiger partial charge in [0.15, 0.2) is 5.16 Å². The second-order valence-electron chi connectivity index (χ2n) is 8.48. The molecule has 8 nitrogen and oxygen atoms in total. The quantitative estimate of drug-likeness (QED) is 0.433. The van der Waals surface area contributed by atoms with Gasteiger partial charge >= 0.3 is 6.01 Å². The van der Waals surface area contributed by atoms with Gasteiger partial charge in [-0.1, -0.05) is 43.5 Å². The largest absolute Gasteiger partial charge is 0.408 e. The van der Waals surface area contributed by atoms with Gasteiger partial charge in [-0.15, -0.1) is 16.4 Å². The molecule has 0 unspecified atom stereocenters. The zero-order valence-corrected chi connectivity index (χ0v) is 19.3. The Balaban J connectivity index is 1.41. The first-order valence-corrected chi connectivity index (χ1v) is 12.6. The predicted molar refractivity (Wildman–Crippen MR) is 121 cm³/mol. The highest BCUT2D eigenvalue weighted by Gasteiger charge is 2.28. The fourth-order valence-electron chi connectivity index (χ4n) is 4.43. The van der Waals surface area contributed by atoms with Gasteiger partial charge in [0.05, 0.1) is 11.1 Å². The summed E-state index contributed by atoms with van der Waals surface area (Å²) in [6.07, 6.45) is 7.33. The lowest BCUT2D eigenvalue weighted by Gasteiger charge is -2.18. The summed E-state index contributed by atoms with van der Waals surface area (Å²) < 4.78 is 7.31. The van der Waals surface area contributed by atoms with E-state index in [4.69, 9.17) is 9.40 Å². The van der Waals surface area contributed by atoms with Crippen LogP contribution in [0.2, 0.25) is 0 Å². The van der Waals surface area contributed by atoms with Crippen molar-refractivity contribution in [1.29, 1.82) is 0 Å². The topological polar surface area (TPSA) is 103 Å². The van der Waals surface area contributed by atoms with E-state index in [1.54, 1.807) is 11.3 Å². The van der Waals surface area contributed by atoms with Gasteiger partial charge in [-0.25, -0.2) is 4.98 Å². The van der Waals surface area contributed by atoms with Crippen LogP contribution in [0.3, 0.4) is 0 Å². The molecule has 31 heavy (non-hydrogen) atoms. The summed E-state index contributed by atoms with van der Waals surface area (Å²) in [6.45, 7) is 3.89. The minimum Gasteiger partial charge on any atom is -0.408 e. The number of rotatable bonds is 6. The van der Waals surface area contributed by atoms with Crippen LogP contribution in [0.25, 0.3) is 10.2 Å². The maximum Gasteiger partial charge on any atom is 0.322 e. The first-order valence-electron chi connectivity index (χ1n) is 10.8. The van der Waals surface area contributed by atoms with Crippen LogP contribution in [0.15, 0.2) is 14.4 Å². The molecule has 1 saturated carbocycles. The number of aromatic nitrogens is 4. The van der Waals surface area contributed by atoms with Crippen LogP contribution >= 0.6 is 23.1 Å². The number of hydrogen-bond acceptors (Lipinski definition) is 8. The number of nitrogens with zero attached hydrogens (tertiary/aromatic N) is 4. The Morgan fingerprint density at radius 2 is 2.06 bits per heavy atom. The van der Waals surface area contributed by atoms with E-state index in [0.717, 1.165) is 55.2 Å². The predicted octanol–water partition coefficient (Wildman–Crippen LogP) is 4.30. The lowest BCUT2D eigenvalue weighted by molar-refractivity contribution is -0.113. The van der Waals surface area contributed by atoms with Crippen LogP contribution < -0.4 is 10.9 Å². The molecule has 0 atom stereocenters. The molecule has 3 aromatic heterocycles. The molecule has 164 valence electrons. The van der Waals surface area contributed by atoms with Gasteiger partial charge in [-0.05, 0) is 37.7 Å². The normalized spacial score (nSPS) is 16.5. The number of hydrogen-bond donors (Lipinski definition) is 1. The van der Waals surface area contributed by atoms with E-state index in [2.05, 4.69) is 15.5 Å². The molecule has 10 heteroatoms. The zero-order chi connectivity index (χ0) is 21.5. The van der Waals surface area contributed by atoms with E-state index >= 15 is 0 Å². The number of carbonyl (C=O) groups is 1. The van der Waals surface area contributed by atoms with Crippen molar-refractivity contribution < 1.29 is 9.21 Å². The van der Waals surface area contributed by atoms with Crippen molar-refractivity contribution in [3.63, 3.8) is 0 Å². The molecule has 2 aliphatic carbocycles. The fraction of sp³-hybridized carbons (Fsp3) is 0.571. The number of amides is 1. The number of aryl methyl sites for hydroxylation is 2. The van der Waals surface area contributed by atoms with Crippen LogP contribution in [-0.4, -0.2) is 31.4 Å². The third kappa shape index (κ3) is 3.91. The van der Waals surface area contributed by atoms with Crippen molar-refractivity contribution in [2.24, 2.45) is 0 Å². The maximum atomic E-state index is 13.5. The fourth-order valence-corrected chi connectivity index (χ4v) is 6.60. The summed E-state index contributed by atoms with van der Waals surface area (Å²) in [7, 11) is 0. The molecule has 0 aromatic carbocycles. The number of carbonyl (C=O) groups excluding carboxylic acids is 1. The third-order valence-electron chi connectivity index (χ3n) is 5.94. The average Bonchev–Trinajstić information content (AvgIpc) is 3.50. The summed E-state index contributed by atoms with van der Waals surface area (Å²) >= 11 is 2.94. The molecular weight excluding hydrogens is 434 g/mol. The molecule has 0 saturated heterocycles. The molecule has 0 spiro atoms. The SMILES string of the molecule is CC(C)c1nnc(NC(=O)CSc2nc3sc4c(c3c(=O)n2C2CCCC2)CCC4)o1. The second kappa shape index (κ2) is 8.38. The Morgan fingerprint density at radius 3 is 2.81 bits per heavy atom. The van der Waals surface area contributed by atoms with Crippen molar-refractivity contribution in [2.75, 3.05) is 11.1 Å². The summed E-state index contributed by atoms with van der Waals surface area (Å²) in [5.74, 6) is 0.437. The monoisotopic (exact) mass is 459 g/mol.